The maximum Gasteiger partial charge on any atom is 0.511 e. The van der Waals surface area contributed by atoms with Crippen molar-refractivity contribution in [2.24, 2.45) is 0 Å². The first kappa shape index (κ1) is 8.58. The Hall–Kier alpha value is -1.52. The first-order valence-electron chi connectivity index (χ1n) is 3.44. The molecular weight excluding hydrogens is 164 g/mol. The summed E-state index contributed by atoms with van der Waals surface area (Å²) in [7, 11) is 0. The summed E-state index contributed by atoms with van der Waals surface area (Å²) in [6, 6.07) is 0. The van der Waals surface area contributed by atoms with Crippen LogP contribution in [0.4, 0.5) is 4.79 Å². The van der Waals surface area contributed by atoms with Crippen molar-refractivity contribution in [3.63, 3.8) is 0 Å². The van der Waals surface area contributed by atoms with Crippen LogP contribution in [0.3, 0.4) is 0 Å². The molecule has 5 heteroatoms. The highest BCUT2D eigenvalue weighted by atomic mass is 16.8. The predicted molar refractivity (Wildman–Crippen MR) is 37.1 cm³/mol. The summed E-state index contributed by atoms with van der Waals surface area (Å²) >= 11 is 0. The van der Waals surface area contributed by atoms with Gasteiger partial charge in [-0.1, -0.05) is 0 Å². The van der Waals surface area contributed by atoms with Crippen molar-refractivity contribution in [2.75, 3.05) is 6.61 Å². The number of hydrogen-bond donors (Lipinski definition) is 0. The molecule has 0 bridgehead atoms. The van der Waals surface area contributed by atoms with Crippen LogP contribution in [-0.2, 0) is 19.0 Å². The SMILES string of the molecule is CCOC(=O)OC1C=CC(=O)O1. The Morgan fingerprint density at radius 1 is 1.75 bits per heavy atom. The van der Waals surface area contributed by atoms with Gasteiger partial charge < -0.3 is 14.2 Å². The minimum atomic E-state index is -0.934. The van der Waals surface area contributed by atoms with Gasteiger partial charge in [0.15, 0.2) is 0 Å². The zero-order valence-corrected chi connectivity index (χ0v) is 6.48. The highest BCUT2D eigenvalue weighted by molar-refractivity contribution is 5.84. The quantitative estimate of drug-likeness (QED) is 0.570. The third kappa shape index (κ3) is 2.26. The van der Waals surface area contributed by atoms with E-state index in [1.165, 1.54) is 12.2 Å². The molecule has 1 heterocycles. The van der Waals surface area contributed by atoms with Gasteiger partial charge in [-0.05, 0) is 6.92 Å². The van der Waals surface area contributed by atoms with Crippen LogP contribution in [0, 0.1) is 0 Å². The second kappa shape index (κ2) is 3.75. The molecule has 0 amide bonds. The molecule has 0 saturated carbocycles. The molecule has 0 aliphatic carbocycles. The minimum absolute atomic E-state index is 0.225. The van der Waals surface area contributed by atoms with Gasteiger partial charge in [-0.15, -0.1) is 0 Å². The average molecular weight is 172 g/mol. The third-order valence-electron chi connectivity index (χ3n) is 1.10. The fourth-order valence-electron chi connectivity index (χ4n) is 0.660. The molecule has 0 aromatic rings. The third-order valence-corrected chi connectivity index (χ3v) is 1.10. The van der Waals surface area contributed by atoms with Crippen LogP contribution in [-0.4, -0.2) is 25.0 Å². The standard InChI is InChI=1S/C7H8O5/c1-2-10-7(9)12-6-4-3-5(8)11-6/h3-4,6H,2H2,1H3. The number of carbonyl (C=O) groups is 2. The Labute approximate surface area is 68.9 Å². The lowest BCUT2D eigenvalue weighted by molar-refractivity contribution is -0.152. The molecule has 1 aliphatic rings. The van der Waals surface area contributed by atoms with Crippen molar-refractivity contribution in [1.29, 1.82) is 0 Å². The normalized spacial score (nSPS) is 20.4. The Morgan fingerprint density at radius 2 is 2.50 bits per heavy atom. The zero-order valence-electron chi connectivity index (χ0n) is 6.48. The molecule has 0 saturated heterocycles. The van der Waals surface area contributed by atoms with Gasteiger partial charge >= 0.3 is 12.1 Å². The summed E-state index contributed by atoms with van der Waals surface area (Å²) in [6.07, 6.45) is 0.738. The molecule has 1 unspecified atom stereocenters. The van der Waals surface area contributed by atoms with Crippen LogP contribution < -0.4 is 0 Å². The Morgan fingerprint density at radius 3 is 3.00 bits per heavy atom. The fourth-order valence-corrected chi connectivity index (χ4v) is 0.660. The van der Waals surface area contributed by atoms with Crippen molar-refractivity contribution in [3.05, 3.63) is 12.2 Å². The smallest absolute Gasteiger partial charge is 0.434 e. The second-order valence-electron chi connectivity index (χ2n) is 1.97. The van der Waals surface area contributed by atoms with E-state index in [-0.39, 0.29) is 6.61 Å². The van der Waals surface area contributed by atoms with Gasteiger partial charge in [-0.25, -0.2) is 9.59 Å². The molecule has 1 rings (SSSR count). The van der Waals surface area contributed by atoms with E-state index in [1.807, 2.05) is 0 Å². The van der Waals surface area contributed by atoms with Crippen LogP contribution in [0.2, 0.25) is 0 Å². The number of hydrogen-bond acceptors (Lipinski definition) is 5. The lowest BCUT2D eigenvalue weighted by Crippen LogP contribution is -2.18. The number of carbonyl (C=O) groups excluding carboxylic acids is 2. The van der Waals surface area contributed by atoms with Gasteiger partial charge in [0, 0.05) is 12.2 Å². The molecule has 0 spiro atoms. The summed E-state index contributed by atoms with van der Waals surface area (Å²) in [4.78, 5) is 21.1. The minimum Gasteiger partial charge on any atom is -0.434 e. The highest BCUT2D eigenvalue weighted by Gasteiger charge is 2.20. The van der Waals surface area contributed by atoms with Crippen molar-refractivity contribution in [1.82, 2.24) is 0 Å². The monoisotopic (exact) mass is 172 g/mol. The molecule has 0 N–H and O–H groups in total. The van der Waals surface area contributed by atoms with Gasteiger partial charge in [0.1, 0.15) is 0 Å². The Bertz CT molecular complexity index is 220. The molecule has 0 aromatic heterocycles. The molecule has 0 fully saturated rings. The first-order chi connectivity index (χ1) is 5.72. The average Bonchev–Trinajstić information content (AvgIpc) is 2.36. The first-order valence-corrected chi connectivity index (χ1v) is 3.44. The van der Waals surface area contributed by atoms with Crippen molar-refractivity contribution in [2.45, 2.75) is 13.2 Å². The maximum atomic E-state index is 10.6. The predicted octanol–water partition coefficient (Wildman–Crippen LogP) is 0.599. The number of cyclic esters (lactones) is 1. The summed E-state index contributed by atoms with van der Waals surface area (Å²) < 4.78 is 13.5. The number of rotatable bonds is 2. The van der Waals surface area contributed by atoms with E-state index in [4.69, 9.17) is 0 Å². The molecule has 66 valence electrons. The van der Waals surface area contributed by atoms with Crippen LogP contribution >= 0.6 is 0 Å². The van der Waals surface area contributed by atoms with Gasteiger partial charge in [-0.2, -0.15) is 0 Å². The molecular formula is C7H8O5. The van der Waals surface area contributed by atoms with E-state index in [2.05, 4.69) is 14.2 Å². The Balaban J connectivity index is 2.28. The summed E-state index contributed by atoms with van der Waals surface area (Å²) in [5.74, 6) is -0.524. The van der Waals surface area contributed by atoms with E-state index in [0.717, 1.165) is 0 Å². The van der Waals surface area contributed by atoms with Crippen molar-refractivity contribution >= 4 is 12.1 Å². The van der Waals surface area contributed by atoms with E-state index in [9.17, 15) is 9.59 Å². The molecule has 5 nitrogen and oxygen atoms in total. The summed E-state index contributed by atoms with van der Waals surface area (Å²) in [5, 5.41) is 0. The number of ether oxygens (including phenoxy) is 3. The van der Waals surface area contributed by atoms with Gasteiger partial charge in [-0.3, -0.25) is 0 Å². The van der Waals surface area contributed by atoms with Crippen LogP contribution in [0.1, 0.15) is 6.92 Å². The van der Waals surface area contributed by atoms with Gasteiger partial charge in [0.2, 0.25) is 0 Å². The van der Waals surface area contributed by atoms with Crippen LogP contribution in [0.5, 0.6) is 0 Å². The lowest BCUT2D eigenvalue weighted by Gasteiger charge is -2.08. The molecule has 1 aliphatic heterocycles. The number of esters is 1. The molecule has 0 radical (unpaired) electrons. The topological polar surface area (TPSA) is 61.8 Å². The largest absolute Gasteiger partial charge is 0.511 e. The van der Waals surface area contributed by atoms with Crippen LogP contribution in [0.25, 0.3) is 0 Å². The van der Waals surface area contributed by atoms with Crippen molar-refractivity contribution in [3.8, 4) is 0 Å². The maximum absolute atomic E-state index is 10.6. The highest BCUT2D eigenvalue weighted by Crippen LogP contribution is 2.06. The van der Waals surface area contributed by atoms with E-state index < -0.39 is 18.4 Å². The summed E-state index contributed by atoms with van der Waals surface area (Å²) in [5.41, 5.74) is 0. The van der Waals surface area contributed by atoms with Gasteiger partial charge in [0.25, 0.3) is 6.29 Å². The molecule has 0 aromatic carbocycles. The molecule has 1 atom stereocenters. The lowest BCUT2D eigenvalue weighted by atomic mass is 10.5. The van der Waals surface area contributed by atoms with E-state index in [1.54, 1.807) is 6.92 Å². The molecule has 12 heavy (non-hydrogen) atoms. The van der Waals surface area contributed by atoms with E-state index >= 15 is 0 Å². The van der Waals surface area contributed by atoms with Gasteiger partial charge in [0.05, 0.1) is 6.61 Å². The van der Waals surface area contributed by atoms with Crippen molar-refractivity contribution < 1.29 is 23.8 Å². The van der Waals surface area contributed by atoms with E-state index in [0.29, 0.717) is 0 Å². The second-order valence-corrected chi connectivity index (χ2v) is 1.97. The van der Waals surface area contributed by atoms with Crippen LogP contribution in [0.15, 0.2) is 12.2 Å². The Kier molecular flexibility index (Phi) is 2.68. The fraction of sp³-hybridized carbons (Fsp3) is 0.429. The zero-order chi connectivity index (χ0) is 8.97. The summed E-state index contributed by atoms with van der Waals surface area (Å²) in [6.45, 7) is 1.88.